The maximum Gasteiger partial charge on any atom is 0.269 e. The molecule has 23 heavy (non-hydrogen) atoms. The summed E-state index contributed by atoms with van der Waals surface area (Å²) in [6.45, 7) is 0.478. The standard InChI is InChI=1S/C13H13ClN4O4S/c14-13-9-10(5-6-16-13)15-7-8-17-23(21,22)12-3-1-11(2-4-12)18(19)20/h1-6,9,17H,7-8H2,(H,15,16). The van der Waals surface area contributed by atoms with Crippen LogP contribution in [0.3, 0.4) is 0 Å². The minimum absolute atomic E-state index is 0.0324. The smallest absolute Gasteiger partial charge is 0.269 e. The van der Waals surface area contributed by atoms with Crippen molar-refractivity contribution in [2.45, 2.75) is 4.90 Å². The molecule has 122 valence electrons. The molecule has 0 aliphatic rings. The molecule has 0 radical (unpaired) electrons. The van der Waals surface area contributed by atoms with Gasteiger partial charge in [0.2, 0.25) is 10.0 Å². The molecule has 2 aromatic rings. The zero-order valence-electron chi connectivity index (χ0n) is 11.8. The number of hydrogen-bond acceptors (Lipinski definition) is 6. The molecule has 0 unspecified atom stereocenters. The molecular weight excluding hydrogens is 344 g/mol. The molecule has 0 saturated carbocycles. The average Bonchev–Trinajstić information content (AvgIpc) is 2.52. The van der Waals surface area contributed by atoms with E-state index >= 15 is 0 Å². The molecule has 0 saturated heterocycles. The molecule has 1 heterocycles. The molecule has 0 spiro atoms. The fourth-order valence-electron chi connectivity index (χ4n) is 1.74. The van der Waals surface area contributed by atoms with Gasteiger partial charge in [-0.2, -0.15) is 0 Å². The summed E-state index contributed by atoms with van der Waals surface area (Å²) in [7, 11) is -3.72. The zero-order valence-corrected chi connectivity index (χ0v) is 13.3. The first-order valence-corrected chi connectivity index (χ1v) is 8.34. The van der Waals surface area contributed by atoms with Crippen LogP contribution in [0.25, 0.3) is 0 Å². The van der Waals surface area contributed by atoms with Crippen LogP contribution in [0.15, 0.2) is 47.5 Å². The summed E-state index contributed by atoms with van der Waals surface area (Å²) in [4.78, 5) is 13.8. The Morgan fingerprint density at radius 2 is 1.87 bits per heavy atom. The van der Waals surface area contributed by atoms with Crippen molar-refractivity contribution in [1.82, 2.24) is 9.71 Å². The number of benzene rings is 1. The maximum atomic E-state index is 12.0. The second-order valence-electron chi connectivity index (χ2n) is 4.44. The van der Waals surface area contributed by atoms with Crippen molar-refractivity contribution in [3.8, 4) is 0 Å². The van der Waals surface area contributed by atoms with E-state index in [9.17, 15) is 18.5 Å². The van der Waals surface area contributed by atoms with Crippen LogP contribution < -0.4 is 10.0 Å². The largest absolute Gasteiger partial charge is 0.384 e. The average molecular weight is 357 g/mol. The predicted octanol–water partition coefficient (Wildman–Crippen LogP) is 2.03. The first kappa shape index (κ1) is 17.1. The second-order valence-corrected chi connectivity index (χ2v) is 6.60. The molecule has 0 atom stereocenters. The SMILES string of the molecule is O=[N+]([O-])c1ccc(S(=O)(=O)NCCNc2ccnc(Cl)c2)cc1. The van der Waals surface area contributed by atoms with Crippen LogP contribution in [0.2, 0.25) is 5.15 Å². The first-order valence-electron chi connectivity index (χ1n) is 6.48. The molecular formula is C13H13ClN4O4S. The number of nitro groups is 1. The van der Waals surface area contributed by atoms with Crippen LogP contribution in [0, 0.1) is 10.1 Å². The summed E-state index contributed by atoms with van der Waals surface area (Å²) in [5, 5.41) is 13.9. The summed E-state index contributed by atoms with van der Waals surface area (Å²) >= 11 is 5.73. The number of hydrogen-bond donors (Lipinski definition) is 2. The lowest BCUT2D eigenvalue weighted by atomic mass is 10.3. The number of rotatable bonds is 7. The van der Waals surface area contributed by atoms with Crippen molar-refractivity contribution in [2.24, 2.45) is 0 Å². The van der Waals surface area contributed by atoms with Crippen molar-refractivity contribution >= 4 is 33.0 Å². The van der Waals surface area contributed by atoms with Gasteiger partial charge in [-0.3, -0.25) is 10.1 Å². The summed E-state index contributed by atoms with van der Waals surface area (Å²) in [6, 6.07) is 7.99. The van der Waals surface area contributed by atoms with Crippen molar-refractivity contribution in [2.75, 3.05) is 18.4 Å². The molecule has 10 heteroatoms. The fourth-order valence-corrected chi connectivity index (χ4v) is 2.94. The molecule has 2 N–H and O–H groups in total. The van der Waals surface area contributed by atoms with Crippen molar-refractivity contribution in [1.29, 1.82) is 0 Å². The number of nitrogens with zero attached hydrogens (tertiary/aromatic N) is 2. The Morgan fingerprint density at radius 3 is 2.48 bits per heavy atom. The van der Waals surface area contributed by atoms with Crippen molar-refractivity contribution in [3.05, 3.63) is 57.9 Å². The number of nitrogens with one attached hydrogen (secondary N) is 2. The van der Waals surface area contributed by atoms with Gasteiger partial charge in [-0.25, -0.2) is 18.1 Å². The van der Waals surface area contributed by atoms with E-state index in [1.165, 1.54) is 18.3 Å². The Kier molecular flexibility index (Phi) is 5.48. The van der Waals surface area contributed by atoms with E-state index in [4.69, 9.17) is 11.6 Å². The summed E-state index contributed by atoms with van der Waals surface area (Å²) in [5.74, 6) is 0. The van der Waals surface area contributed by atoms with Crippen LogP contribution in [0.5, 0.6) is 0 Å². The van der Waals surface area contributed by atoms with Crippen LogP contribution in [-0.4, -0.2) is 31.4 Å². The third-order valence-electron chi connectivity index (χ3n) is 2.83. The molecule has 2 rings (SSSR count). The van der Waals surface area contributed by atoms with E-state index in [1.54, 1.807) is 12.1 Å². The minimum atomic E-state index is -3.72. The normalized spacial score (nSPS) is 11.2. The number of anilines is 1. The van der Waals surface area contributed by atoms with Gasteiger partial charge < -0.3 is 5.32 Å². The van der Waals surface area contributed by atoms with E-state index in [2.05, 4.69) is 15.0 Å². The van der Waals surface area contributed by atoms with E-state index < -0.39 is 14.9 Å². The highest BCUT2D eigenvalue weighted by Gasteiger charge is 2.15. The number of sulfonamides is 1. The van der Waals surface area contributed by atoms with Crippen LogP contribution in [0.1, 0.15) is 0 Å². The molecule has 0 amide bonds. The highest BCUT2D eigenvalue weighted by molar-refractivity contribution is 7.89. The summed E-state index contributed by atoms with van der Waals surface area (Å²) < 4.78 is 26.5. The Hall–Kier alpha value is -2.23. The Balaban J connectivity index is 1.90. The highest BCUT2D eigenvalue weighted by Crippen LogP contribution is 2.15. The number of pyridine rings is 1. The van der Waals surface area contributed by atoms with Gasteiger partial charge >= 0.3 is 0 Å². The summed E-state index contributed by atoms with van der Waals surface area (Å²) in [6.07, 6.45) is 1.53. The van der Waals surface area contributed by atoms with E-state index in [1.807, 2.05) is 0 Å². The zero-order chi connectivity index (χ0) is 16.9. The van der Waals surface area contributed by atoms with E-state index in [0.717, 1.165) is 17.8 Å². The monoisotopic (exact) mass is 356 g/mol. The summed E-state index contributed by atoms with van der Waals surface area (Å²) in [5.41, 5.74) is 0.555. The molecule has 1 aromatic heterocycles. The van der Waals surface area contributed by atoms with Crippen LogP contribution >= 0.6 is 11.6 Å². The van der Waals surface area contributed by atoms with Crippen molar-refractivity contribution < 1.29 is 13.3 Å². The van der Waals surface area contributed by atoms with Gasteiger partial charge in [0.05, 0.1) is 9.82 Å². The van der Waals surface area contributed by atoms with Gasteiger partial charge in [-0.05, 0) is 24.3 Å². The molecule has 0 fully saturated rings. The lowest BCUT2D eigenvalue weighted by molar-refractivity contribution is -0.384. The lowest BCUT2D eigenvalue weighted by Crippen LogP contribution is -2.28. The van der Waals surface area contributed by atoms with E-state index in [-0.39, 0.29) is 17.1 Å². The van der Waals surface area contributed by atoms with E-state index in [0.29, 0.717) is 11.7 Å². The highest BCUT2D eigenvalue weighted by atomic mass is 35.5. The maximum absolute atomic E-state index is 12.0. The van der Waals surface area contributed by atoms with Gasteiger partial charge in [0.1, 0.15) is 5.15 Å². The fraction of sp³-hybridized carbons (Fsp3) is 0.154. The number of non-ortho nitro benzene ring substituents is 1. The lowest BCUT2D eigenvalue weighted by Gasteiger charge is -2.09. The molecule has 0 aliphatic carbocycles. The second kappa shape index (κ2) is 7.36. The molecule has 0 bridgehead atoms. The first-order chi connectivity index (χ1) is 10.9. The van der Waals surface area contributed by atoms with Gasteiger partial charge in [0, 0.05) is 37.1 Å². The molecule has 8 nitrogen and oxygen atoms in total. The predicted molar refractivity (Wildman–Crippen MR) is 86.0 cm³/mol. The quantitative estimate of drug-likeness (QED) is 0.339. The number of aromatic nitrogens is 1. The molecule has 1 aromatic carbocycles. The Morgan fingerprint density at radius 1 is 1.17 bits per heavy atom. The molecule has 0 aliphatic heterocycles. The van der Waals surface area contributed by atoms with Gasteiger partial charge in [-0.1, -0.05) is 11.6 Å². The van der Waals surface area contributed by atoms with Crippen molar-refractivity contribution in [3.63, 3.8) is 0 Å². The Bertz CT molecular complexity index is 796. The van der Waals surface area contributed by atoms with Crippen LogP contribution in [-0.2, 0) is 10.0 Å². The van der Waals surface area contributed by atoms with Crippen LogP contribution in [0.4, 0.5) is 11.4 Å². The third-order valence-corrected chi connectivity index (χ3v) is 4.51. The van der Waals surface area contributed by atoms with Gasteiger partial charge in [0.25, 0.3) is 5.69 Å². The minimum Gasteiger partial charge on any atom is -0.384 e. The Labute approximate surface area is 137 Å². The number of nitro benzene ring substituents is 1. The number of halogens is 1. The topological polar surface area (TPSA) is 114 Å². The van der Waals surface area contributed by atoms with Gasteiger partial charge in [-0.15, -0.1) is 0 Å². The van der Waals surface area contributed by atoms with Gasteiger partial charge in [0.15, 0.2) is 0 Å². The third kappa shape index (κ3) is 4.88.